The first-order valence-electron chi connectivity index (χ1n) is 12.5. The number of methoxy groups -OCH3 is 1. The van der Waals surface area contributed by atoms with Crippen LogP contribution in [0.3, 0.4) is 0 Å². The van der Waals surface area contributed by atoms with E-state index < -0.39 is 12.4 Å². The van der Waals surface area contributed by atoms with Crippen molar-refractivity contribution in [3.8, 4) is 0 Å². The van der Waals surface area contributed by atoms with Gasteiger partial charge in [0.2, 0.25) is 5.88 Å². The number of hydroxylamine groups is 2. The summed E-state index contributed by atoms with van der Waals surface area (Å²) in [6.07, 6.45) is 4.17. The first kappa shape index (κ1) is 24.9. The van der Waals surface area contributed by atoms with Crippen LogP contribution in [0.15, 0.2) is 48.5 Å². The second-order valence-electron chi connectivity index (χ2n) is 9.65. The molecular weight excluding hydrogens is 476 g/mol. The fourth-order valence-corrected chi connectivity index (χ4v) is 5.49. The first-order valence-corrected chi connectivity index (χ1v) is 12.5. The maximum Gasteiger partial charge on any atom is 0.508 e. The molecule has 5 rings (SSSR count). The molecule has 0 radical (unpaired) electrons. The van der Waals surface area contributed by atoms with Crippen LogP contribution in [-0.4, -0.2) is 71.7 Å². The molecule has 1 aliphatic carbocycles. The molecule has 2 aliphatic heterocycles. The number of amides is 1. The third-order valence-corrected chi connectivity index (χ3v) is 7.44. The number of aromatic nitrogens is 1. The summed E-state index contributed by atoms with van der Waals surface area (Å²) >= 11 is 0. The van der Waals surface area contributed by atoms with Gasteiger partial charge in [-0.3, -0.25) is 9.78 Å². The van der Waals surface area contributed by atoms with E-state index in [-0.39, 0.29) is 18.0 Å². The van der Waals surface area contributed by atoms with Gasteiger partial charge in [-0.2, -0.15) is 0 Å². The molecule has 0 saturated carbocycles. The zero-order valence-corrected chi connectivity index (χ0v) is 21.3. The quantitative estimate of drug-likeness (QED) is 0.582. The highest BCUT2D eigenvalue weighted by Crippen LogP contribution is 2.41. The Labute approximate surface area is 216 Å². The van der Waals surface area contributed by atoms with Crippen molar-refractivity contribution in [2.24, 2.45) is 0 Å². The molecule has 37 heavy (non-hydrogen) atoms. The van der Waals surface area contributed by atoms with Gasteiger partial charge in [-0.05, 0) is 68.0 Å². The lowest BCUT2D eigenvalue weighted by atomic mass is 10.00. The molecule has 1 fully saturated rings. The number of carboxylic acid groups (broad SMARTS) is 1. The molecular formula is C27H32N4O6. The third-order valence-electron chi connectivity index (χ3n) is 7.44. The van der Waals surface area contributed by atoms with Crippen molar-refractivity contribution >= 4 is 17.7 Å². The maximum absolute atomic E-state index is 13.5. The molecule has 1 unspecified atom stereocenters. The summed E-state index contributed by atoms with van der Waals surface area (Å²) < 4.78 is 10.2. The van der Waals surface area contributed by atoms with Crippen molar-refractivity contribution in [2.75, 3.05) is 32.1 Å². The summed E-state index contributed by atoms with van der Waals surface area (Å²) in [6, 6.07) is 9.91. The highest BCUT2D eigenvalue weighted by Gasteiger charge is 2.38. The van der Waals surface area contributed by atoms with Gasteiger partial charge in [0.1, 0.15) is 0 Å². The lowest BCUT2D eigenvalue weighted by Crippen LogP contribution is -2.45. The fourth-order valence-electron chi connectivity index (χ4n) is 5.49. The van der Waals surface area contributed by atoms with Crippen LogP contribution >= 0.6 is 0 Å². The van der Waals surface area contributed by atoms with Gasteiger partial charge in [-0.1, -0.05) is 6.07 Å². The summed E-state index contributed by atoms with van der Waals surface area (Å²) in [7, 11) is 3.38. The van der Waals surface area contributed by atoms with Crippen molar-refractivity contribution in [1.82, 2.24) is 14.9 Å². The largest absolute Gasteiger partial charge is 0.508 e. The normalized spacial score (nSPS) is 21.4. The number of hydrogen-bond acceptors (Lipinski definition) is 8. The van der Waals surface area contributed by atoms with Gasteiger partial charge in [0, 0.05) is 55.4 Å². The molecule has 3 heterocycles. The fraction of sp³-hybridized carbons (Fsp3) is 0.444. The molecule has 1 aromatic carbocycles. The number of anilines is 1. The van der Waals surface area contributed by atoms with Crippen molar-refractivity contribution in [1.29, 1.82) is 0 Å². The summed E-state index contributed by atoms with van der Waals surface area (Å²) in [5, 5.41) is 10.5. The second-order valence-corrected chi connectivity index (χ2v) is 9.65. The SMILES string of the molecule is COC1=CC(OC(=O)O)ON1[C@@H]1CCc2ccc(C(=O)N(C)C3CCN(c4ccnc(C)c4)CC3)cc21. The predicted molar refractivity (Wildman–Crippen MR) is 135 cm³/mol. The van der Waals surface area contributed by atoms with E-state index in [1.807, 2.05) is 49.3 Å². The summed E-state index contributed by atoms with van der Waals surface area (Å²) in [5.41, 5.74) is 4.90. The van der Waals surface area contributed by atoms with Gasteiger partial charge >= 0.3 is 6.16 Å². The van der Waals surface area contributed by atoms with Crippen molar-refractivity contribution < 1.29 is 29.0 Å². The number of pyridine rings is 1. The van der Waals surface area contributed by atoms with Gasteiger partial charge in [0.05, 0.1) is 13.2 Å². The van der Waals surface area contributed by atoms with Crippen LogP contribution < -0.4 is 4.90 Å². The third kappa shape index (κ3) is 5.06. The molecule has 1 amide bonds. The molecule has 3 aliphatic rings. The number of benzene rings is 1. The Hall–Kier alpha value is -3.79. The Morgan fingerprint density at radius 1 is 1.16 bits per heavy atom. The number of nitrogens with zero attached hydrogens (tertiary/aromatic N) is 4. The van der Waals surface area contributed by atoms with Crippen LogP contribution in [0, 0.1) is 6.92 Å². The van der Waals surface area contributed by atoms with E-state index in [4.69, 9.17) is 19.4 Å². The van der Waals surface area contributed by atoms with Crippen molar-refractivity contribution in [3.05, 3.63) is 70.9 Å². The Morgan fingerprint density at radius 2 is 1.95 bits per heavy atom. The van der Waals surface area contributed by atoms with Crippen molar-refractivity contribution in [3.63, 3.8) is 0 Å². The smallest absolute Gasteiger partial charge is 0.481 e. The van der Waals surface area contributed by atoms with Crippen LogP contribution in [0.4, 0.5) is 10.5 Å². The van der Waals surface area contributed by atoms with Gasteiger partial charge in [0.25, 0.3) is 12.2 Å². The van der Waals surface area contributed by atoms with E-state index >= 15 is 0 Å². The Balaban J connectivity index is 1.26. The molecule has 10 nitrogen and oxygen atoms in total. The van der Waals surface area contributed by atoms with Gasteiger partial charge in [-0.15, -0.1) is 0 Å². The predicted octanol–water partition coefficient (Wildman–Crippen LogP) is 3.87. The van der Waals surface area contributed by atoms with Crippen LogP contribution in [0.2, 0.25) is 0 Å². The lowest BCUT2D eigenvalue weighted by Gasteiger charge is -2.38. The first-order chi connectivity index (χ1) is 17.8. The number of piperidine rings is 1. The monoisotopic (exact) mass is 508 g/mol. The molecule has 2 atom stereocenters. The van der Waals surface area contributed by atoms with Crippen molar-refractivity contribution in [2.45, 2.75) is 51.0 Å². The lowest BCUT2D eigenvalue weighted by molar-refractivity contribution is -0.241. The molecule has 1 saturated heterocycles. The molecule has 10 heteroatoms. The van der Waals surface area contributed by atoms with Crippen LogP contribution in [0.1, 0.15) is 52.5 Å². The minimum absolute atomic E-state index is 0.0106. The van der Waals surface area contributed by atoms with E-state index in [0.29, 0.717) is 11.4 Å². The molecule has 196 valence electrons. The van der Waals surface area contributed by atoms with Crippen LogP contribution in [0.5, 0.6) is 0 Å². The van der Waals surface area contributed by atoms with E-state index in [9.17, 15) is 9.59 Å². The number of ether oxygens (including phenoxy) is 2. The molecule has 0 bridgehead atoms. The molecule has 1 aromatic heterocycles. The van der Waals surface area contributed by atoms with E-state index in [0.717, 1.165) is 55.6 Å². The highest BCUT2D eigenvalue weighted by molar-refractivity contribution is 5.94. The minimum Gasteiger partial charge on any atom is -0.481 e. The minimum atomic E-state index is -1.43. The standard InChI is InChI=1S/C27H32N4O6/c1-17-14-21(8-11-28-17)30-12-9-20(10-13-30)29(2)26(32)19-5-4-18-6-7-23(22(18)15-19)31-24(35-3)16-25(37-31)36-27(33)34/h4-5,8,11,14-16,20,23,25H,6-7,9-10,12-13H2,1-3H3,(H,33,34)/t23-,25?/m1/s1. The van der Waals surface area contributed by atoms with E-state index in [2.05, 4.69) is 16.0 Å². The zero-order chi connectivity index (χ0) is 26.1. The number of carbonyl (C=O) groups excluding carboxylic acids is 1. The number of aryl methyl sites for hydroxylation is 2. The average Bonchev–Trinajstić information content (AvgIpc) is 3.50. The Morgan fingerprint density at radius 3 is 2.65 bits per heavy atom. The van der Waals surface area contributed by atoms with Gasteiger partial charge in [-0.25, -0.2) is 14.7 Å². The van der Waals surface area contributed by atoms with E-state index in [1.165, 1.54) is 18.9 Å². The van der Waals surface area contributed by atoms with Gasteiger partial charge in [0.15, 0.2) is 0 Å². The highest BCUT2D eigenvalue weighted by atomic mass is 16.8. The Bertz CT molecular complexity index is 1210. The second kappa shape index (κ2) is 10.3. The topological polar surface area (TPSA) is 105 Å². The summed E-state index contributed by atoms with van der Waals surface area (Å²) in [4.78, 5) is 38.7. The number of rotatable bonds is 6. The van der Waals surface area contributed by atoms with Crippen LogP contribution in [-0.2, 0) is 20.7 Å². The molecule has 1 N–H and O–H groups in total. The summed E-state index contributed by atoms with van der Waals surface area (Å²) in [5.74, 6) is 0.373. The van der Waals surface area contributed by atoms with Crippen LogP contribution in [0.25, 0.3) is 0 Å². The number of carbonyl (C=O) groups is 2. The number of hydrogen-bond donors (Lipinski definition) is 1. The van der Waals surface area contributed by atoms with Gasteiger partial charge < -0.3 is 24.4 Å². The molecule has 2 aromatic rings. The zero-order valence-electron chi connectivity index (χ0n) is 21.3. The number of fused-ring (bicyclic) bond motifs is 1. The Kier molecular flexibility index (Phi) is 6.92. The maximum atomic E-state index is 13.5. The molecule has 0 spiro atoms. The van der Waals surface area contributed by atoms with E-state index in [1.54, 1.807) is 5.06 Å². The average molecular weight is 509 g/mol. The summed E-state index contributed by atoms with van der Waals surface area (Å²) in [6.45, 7) is 3.76.